The van der Waals surface area contributed by atoms with Crippen LogP contribution < -0.4 is 0 Å². The van der Waals surface area contributed by atoms with Gasteiger partial charge in [0, 0.05) is 64.6 Å². The van der Waals surface area contributed by atoms with Gasteiger partial charge in [-0.3, -0.25) is 3.97 Å². The number of H-pyrrole nitrogens is 1. The highest BCUT2D eigenvalue weighted by Gasteiger charge is 2.17. The van der Waals surface area contributed by atoms with Crippen LogP contribution >= 0.6 is 41.9 Å². The van der Waals surface area contributed by atoms with Gasteiger partial charge in [0.15, 0.2) is 5.65 Å². The molecule has 1 N–H and O–H groups in total. The number of fused-ring (bicyclic) bond motifs is 2. The summed E-state index contributed by atoms with van der Waals surface area (Å²) in [5.41, 5.74) is 2.73. The van der Waals surface area contributed by atoms with Gasteiger partial charge in [0.05, 0.1) is 5.69 Å². The molecule has 0 radical (unpaired) electrons. The van der Waals surface area contributed by atoms with E-state index in [-0.39, 0.29) is 11.1 Å². The van der Waals surface area contributed by atoms with E-state index in [1.54, 1.807) is 12.3 Å². The molecule has 0 spiro atoms. The van der Waals surface area contributed by atoms with Crippen LogP contribution in [0.4, 0.5) is 4.39 Å². The molecule has 0 aliphatic carbocycles. The third kappa shape index (κ3) is 2.10. The number of rotatable bonds is 2. The topological polar surface area (TPSA) is 46.5 Å². The summed E-state index contributed by atoms with van der Waals surface area (Å²) in [6, 6.07) is 6.84. The lowest BCUT2D eigenvalue weighted by atomic mass is 10.1. The summed E-state index contributed by atoms with van der Waals surface area (Å²) in [6.07, 6.45) is 3.64. The Morgan fingerprint density at radius 2 is 2.14 bits per heavy atom. The first kappa shape index (κ1) is 14.3. The molecule has 3 aromatic heterocycles. The fourth-order valence-corrected chi connectivity index (χ4v) is 3.98. The summed E-state index contributed by atoms with van der Waals surface area (Å²) in [4.78, 5) is 11.7. The van der Waals surface area contributed by atoms with Crippen LogP contribution in [0.1, 0.15) is 0 Å². The highest BCUT2D eigenvalue weighted by molar-refractivity contribution is 14.2. The van der Waals surface area contributed by atoms with Crippen LogP contribution in [0, 0.1) is 5.82 Å². The van der Waals surface area contributed by atoms with Crippen molar-refractivity contribution >= 4 is 63.9 Å². The summed E-state index contributed by atoms with van der Waals surface area (Å²) in [5.74, 6) is -0.292. The van der Waals surface area contributed by atoms with Crippen molar-refractivity contribution in [3.05, 3.63) is 47.8 Å². The van der Waals surface area contributed by atoms with E-state index in [9.17, 15) is 4.39 Å². The quantitative estimate of drug-likeness (QED) is 0.341. The predicted octanol–water partition coefficient (Wildman–Crippen LogP) is 5.22. The molecule has 0 aliphatic rings. The lowest BCUT2D eigenvalue weighted by Crippen LogP contribution is -1.92. The van der Waals surface area contributed by atoms with Crippen molar-refractivity contribution in [2.75, 3.05) is 0 Å². The molecule has 0 amide bonds. The van der Waals surface area contributed by atoms with Gasteiger partial charge in [-0.2, -0.15) is 4.98 Å². The number of hydrogen-bond donors (Lipinski definition) is 1. The summed E-state index contributed by atoms with van der Waals surface area (Å²) in [5, 5.41) is 1.48. The molecule has 0 bridgehead atoms. The minimum Gasteiger partial charge on any atom is -0.360 e. The Morgan fingerprint density at radius 3 is 2.95 bits per heavy atom. The van der Waals surface area contributed by atoms with Crippen LogP contribution in [0.3, 0.4) is 0 Å². The van der Waals surface area contributed by atoms with Crippen LogP contribution in [-0.2, 0) is 0 Å². The van der Waals surface area contributed by atoms with Gasteiger partial charge in [-0.1, -0.05) is 6.07 Å². The number of nitrogens with one attached hydrogen (secondary N) is 1. The van der Waals surface area contributed by atoms with Gasteiger partial charge < -0.3 is 4.98 Å². The van der Waals surface area contributed by atoms with E-state index in [1.165, 1.54) is 15.2 Å². The smallest absolute Gasteiger partial charge is 0.224 e. The number of aromatic nitrogens is 4. The maximum absolute atomic E-state index is 14.2. The molecule has 110 valence electrons. The average molecular weight is 445 g/mol. The van der Waals surface area contributed by atoms with Gasteiger partial charge >= 0.3 is 0 Å². The number of benzene rings is 1. The molecular weight excluding hydrogens is 438 g/mol. The van der Waals surface area contributed by atoms with Crippen LogP contribution in [0.5, 0.6) is 0 Å². The second kappa shape index (κ2) is 5.39. The summed E-state index contributed by atoms with van der Waals surface area (Å²) < 4.78 is 16.1. The van der Waals surface area contributed by atoms with Crippen LogP contribution in [0.2, 0.25) is 5.28 Å². The summed E-state index contributed by atoms with van der Waals surface area (Å²) in [6.45, 7) is 0. The monoisotopic (exact) mass is 444 g/mol. The number of halogens is 3. The summed E-state index contributed by atoms with van der Waals surface area (Å²) >= 11 is 8.23. The molecular formula is C14H7ClFIN4S. The average Bonchev–Trinajstić information content (AvgIpc) is 3.10. The Bertz CT molecular complexity index is 1010. The fraction of sp³-hybridized carbons (Fsp3) is 0. The largest absolute Gasteiger partial charge is 0.360 e. The van der Waals surface area contributed by atoms with E-state index in [2.05, 4.69) is 36.2 Å². The van der Waals surface area contributed by atoms with E-state index >= 15 is 0 Å². The number of hydrogen-bond acceptors (Lipinski definition) is 3. The Kier molecular flexibility index (Phi) is 3.50. The molecule has 22 heavy (non-hydrogen) atoms. The first-order valence-electron chi connectivity index (χ1n) is 6.28. The van der Waals surface area contributed by atoms with Gasteiger partial charge in [-0.25, -0.2) is 9.37 Å². The molecule has 1 aromatic carbocycles. The highest BCUT2D eigenvalue weighted by atomic mass is 127. The van der Waals surface area contributed by atoms with Crippen molar-refractivity contribution in [2.45, 2.75) is 0 Å². The Balaban J connectivity index is 2.10. The fourth-order valence-electron chi connectivity index (χ4n) is 2.55. The SMILES string of the molecule is Fc1cccc2[nH]cc(-c3nc(Cl)nc4c3ccn4SI)c12. The van der Waals surface area contributed by atoms with Crippen molar-refractivity contribution in [1.82, 2.24) is 18.9 Å². The van der Waals surface area contributed by atoms with Crippen molar-refractivity contribution < 1.29 is 4.39 Å². The van der Waals surface area contributed by atoms with Crippen LogP contribution in [0.25, 0.3) is 33.2 Å². The number of nitrogens with zero attached hydrogens (tertiary/aromatic N) is 3. The first-order valence-corrected chi connectivity index (χ1v) is 9.98. The molecule has 4 rings (SSSR count). The Morgan fingerprint density at radius 1 is 1.27 bits per heavy atom. The van der Waals surface area contributed by atoms with Gasteiger partial charge in [0.25, 0.3) is 0 Å². The van der Waals surface area contributed by atoms with E-state index in [4.69, 9.17) is 11.6 Å². The minimum atomic E-state index is -0.292. The molecule has 3 heterocycles. The molecule has 0 aliphatic heterocycles. The third-order valence-corrected chi connectivity index (χ3v) is 5.35. The molecule has 0 fully saturated rings. The molecule has 0 unspecified atom stereocenters. The zero-order valence-electron chi connectivity index (χ0n) is 10.8. The van der Waals surface area contributed by atoms with Crippen LogP contribution in [-0.4, -0.2) is 18.9 Å². The maximum atomic E-state index is 14.2. The zero-order chi connectivity index (χ0) is 15.3. The first-order chi connectivity index (χ1) is 10.7. The lowest BCUT2D eigenvalue weighted by Gasteiger charge is -2.04. The molecule has 8 heteroatoms. The third-order valence-electron chi connectivity index (χ3n) is 3.47. The molecule has 0 saturated heterocycles. The summed E-state index contributed by atoms with van der Waals surface area (Å²) in [7, 11) is 1.48. The second-order valence-electron chi connectivity index (χ2n) is 4.65. The lowest BCUT2D eigenvalue weighted by molar-refractivity contribution is 0.640. The van der Waals surface area contributed by atoms with Crippen molar-refractivity contribution in [3.8, 4) is 11.3 Å². The van der Waals surface area contributed by atoms with Crippen molar-refractivity contribution in [2.24, 2.45) is 0 Å². The Hall–Kier alpha value is -1.32. The van der Waals surface area contributed by atoms with Gasteiger partial charge in [0.2, 0.25) is 5.28 Å². The van der Waals surface area contributed by atoms with E-state index in [1.807, 2.05) is 22.3 Å². The van der Waals surface area contributed by atoms with E-state index in [0.717, 1.165) is 10.9 Å². The van der Waals surface area contributed by atoms with Crippen molar-refractivity contribution in [3.63, 3.8) is 0 Å². The molecule has 0 atom stereocenters. The van der Waals surface area contributed by atoms with E-state index < -0.39 is 0 Å². The zero-order valence-corrected chi connectivity index (χ0v) is 14.6. The van der Waals surface area contributed by atoms with Crippen LogP contribution in [0.15, 0.2) is 36.7 Å². The van der Waals surface area contributed by atoms with Crippen molar-refractivity contribution in [1.29, 1.82) is 0 Å². The maximum Gasteiger partial charge on any atom is 0.224 e. The highest BCUT2D eigenvalue weighted by Crippen LogP contribution is 2.35. The standard InChI is InChI=1S/C14H7ClFIN4S/c15-14-19-12(7-4-5-21(22-17)13(7)20-14)8-6-18-10-3-1-2-9(16)11(8)10/h1-6,18H. The minimum absolute atomic E-state index is 0.138. The van der Waals surface area contributed by atoms with Gasteiger partial charge in [0.1, 0.15) is 5.82 Å². The molecule has 4 aromatic rings. The van der Waals surface area contributed by atoms with Gasteiger partial charge in [-0.15, -0.1) is 0 Å². The predicted molar refractivity (Wildman–Crippen MR) is 96.8 cm³/mol. The Labute approximate surface area is 145 Å². The molecule has 0 saturated carbocycles. The molecule has 4 nitrogen and oxygen atoms in total. The number of aromatic amines is 1. The second-order valence-corrected chi connectivity index (χ2v) is 6.70. The van der Waals surface area contributed by atoms with E-state index in [0.29, 0.717) is 22.3 Å². The normalized spacial score (nSPS) is 11.6. The van der Waals surface area contributed by atoms with Gasteiger partial charge in [-0.05, 0) is 29.8 Å².